The molecule has 5 aromatic carbocycles. The molecule has 3 N–H and O–H groups in total. The first-order valence-corrected chi connectivity index (χ1v) is 23.4. The number of hydrogen-bond acceptors (Lipinski definition) is 7. The average molecular weight is 890 g/mol. The summed E-state index contributed by atoms with van der Waals surface area (Å²) in [4.78, 5) is 21.0. The van der Waals surface area contributed by atoms with Crippen molar-refractivity contribution in [1.82, 2.24) is 20.4 Å². The monoisotopic (exact) mass is 890 g/mol. The van der Waals surface area contributed by atoms with E-state index in [1.807, 2.05) is 6.07 Å². The minimum Gasteiger partial charge on any atom is -0.378 e. The van der Waals surface area contributed by atoms with E-state index < -0.39 is 0 Å². The fourth-order valence-corrected chi connectivity index (χ4v) is 9.68. The van der Waals surface area contributed by atoms with Gasteiger partial charge in [-0.3, -0.25) is 15.0 Å². The van der Waals surface area contributed by atoms with Crippen molar-refractivity contribution in [3.05, 3.63) is 184 Å². The highest BCUT2D eigenvalue weighted by atomic mass is 16.2. The van der Waals surface area contributed by atoms with Crippen LogP contribution in [0.5, 0.6) is 0 Å². The number of aromatic amines is 2. The van der Waals surface area contributed by atoms with Gasteiger partial charge < -0.3 is 24.9 Å². The Kier molecular flexibility index (Phi) is 12.4. The number of carbonyl (C=O) groups is 1. The summed E-state index contributed by atoms with van der Waals surface area (Å²) < 4.78 is 0. The number of nitrogens with zero attached hydrogens (tertiary/aromatic N) is 6. The summed E-state index contributed by atoms with van der Waals surface area (Å²) in [5.74, 6) is 0.858. The predicted octanol–water partition coefficient (Wildman–Crippen LogP) is 10.6. The van der Waals surface area contributed by atoms with Crippen molar-refractivity contribution in [3.8, 4) is 11.3 Å². The first kappa shape index (κ1) is 44.9. The van der Waals surface area contributed by atoms with Crippen LogP contribution in [0.2, 0.25) is 0 Å². The van der Waals surface area contributed by atoms with E-state index in [9.17, 15) is 4.79 Å². The molecule has 10 heteroatoms. The maximum absolute atomic E-state index is 12.5. The van der Waals surface area contributed by atoms with E-state index in [1.165, 1.54) is 56.3 Å². The van der Waals surface area contributed by atoms with Crippen molar-refractivity contribution in [2.24, 2.45) is 5.92 Å². The highest BCUT2D eigenvalue weighted by molar-refractivity contribution is 5.94. The van der Waals surface area contributed by atoms with E-state index >= 15 is 0 Å². The van der Waals surface area contributed by atoms with Crippen LogP contribution < -0.4 is 24.9 Å². The molecule has 0 atom stereocenters. The van der Waals surface area contributed by atoms with Gasteiger partial charge in [-0.15, -0.1) is 0 Å². The van der Waals surface area contributed by atoms with Gasteiger partial charge in [0.15, 0.2) is 5.82 Å². The number of anilines is 5. The molecule has 7 aromatic rings. The first-order valence-electron chi connectivity index (χ1n) is 23.4. The average Bonchev–Trinajstić information content (AvgIpc) is 3.94. The van der Waals surface area contributed by atoms with Gasteiger partial charge in [-0.05, 0) is 83.6 Å². The number of aromatic nitrogens is 4. The molecule has 1 saturated carbocycles. The van der Waals surface area contributed by atoms with Gasteiger partial charge in [-0.25, -0.2) is 0 Å². The van der Waals surface area contributed by atoms with Crippen molar-refractivity contribution in [2.75, 3.05) is 81.3 Å². The van der Waals surface area contributed by atoms with Crippen molar-refractivity contribution in [2.45, 2.75) is 42.9 Å². The second-order valence-corrected chi connectivity index (χ2v) is 19.1. The maximum Gasteiger partial charge on any atom is 0.228 e. The molecule has 0 spiro atoms. The van der Waals surface area contributed by atoms with Crippen molar-refractivity contribution in [3.63, 3.8) is 0 Å². The van der Waals surface area contributed by atoms with Crippen LogP contribution in [-0.2, 0) is 28.5 Å². The molecular weight excluding hydrogens is 827 g/mol. The number of rotatable bonds is 11. The van der Waals surface area contributed by atoms with Crippen molar-refractivity contribution < 1.29 is 4.79 Å². The molecule has 0 aliphatic heterocycles. The number of hydrogen-bond donors (Lipinski definition) is 3. The van der Waals surface area contributed by atoms with E-state index in [-0.39, 0.29) is 22.7 Å². The summed E-state index contributed by atoms with van der Waals surface area (Å²) in [7, 11) is 16.5. The molecule has 1 fully saturated rings. The Morgan fingerprint density at radius 2 is 0.910 bits per heavy atom. The topological polar surface area (TPSA) is 99.4 Å². The molecule has 0 bridgehead atoms. The Morgan fingerprint density at radius 3 is 1.30 bits per heavy atom. The SMILES string of the molecule is CN(C)c1ccc(C2(c3ccc(N(C)C)cc3)C=Cc3c(-c4ccccc4)n[nH]c3C2)cc1.CN(C)c1ccc(C2(c3ccc(N(C)C)cc3)C=Cc3c(NC(=O)C4CCC4)n[nH]c3C2)cc1. The molecule has 1 amide bonds. The third-order valence-electron chi connectivity index (χ3n) is 14.1. The van der Waals surface area contributed by atoms with Crippen LogP contribution >= 0.6 is 0 Å². The van der Waals surface area contributed by atoms with Crippen molar-refractivity contribution in [1.29, 1.82) is 0 Å². The van der Waals surface area contributed by atoms with Crippen LogP contribution in [0.1, 0.15) is 64.0 Å². The molecule has 342 valence electrons. The van der Waals surface area contributed by atoms with Gasteiger partial charge >= 0.3 is 0 Å². The lowest BCUT2D eigenvalue weighted by molar-refractivity contribution is -0.122. The molecular formula is C57H63N9O. The molecule has 3 aliphatic carbocycles. The molecule has 0 radical (unpaired) electrons. The summed E-state index contributed by atoms with van der Waals surface area (Å²) in [5, 5.41) is 18.8. The third kappa shape index (κ3) is 8.76. The molecule has 67 heavy (non-hydrogen) atoms. The van der Waals surface area contributed by atoms with E-state index in [0.717, 1.165) is 54.6 Å². The van der Waals surface area contributed by atoms with Gasteiger partial charge in [-0.1, -0.05) is 110 Å². The van der Waals surface area contributed by atoms with E-state index in [4.69, 9.17) is 5.10 Å². The number of nitrogens with one attached hydrogen (secondary N) is 3. The van der Waals surface area contributed by atoms with Crippen LogP contribution in [0.3, 0.4) is 0 Å². The standard InChI is InChI=1S/C29H30N4.C28H33N5O/c1-32(2)24-14-10-22(11-15-24)29(23-12-16-25(17-13-23)33(3)4)19-18-26-27(20-29)30-31-28(26)21-8-6-5-7-9-21;1-32(2)22-12-8-20(9-13-22)28(21-10-14-23(15-11-21)33(3)4)17-16-24-25(18-28)30-31-26(24)29-27(34)19-6-5-7-19/h5-19H,20H2,1-4H3,(H,30,31);8-17,19H,5-7,18H2,1-4H3,(H2,29,30,31,34). The summed E-state index contributed by atoms with van der Waals surface area (Å²) in [6, 6.07) is 45.8. The zero-order valence-electron chi connectivity index (χ0n) is 40.1. The number of allylic oxidation sites excluding steroid dienone is 2. The van der Waals surface area contributed by atoms with Crippen LogP contribution in [0.25, 0.3) is 23.4 Å². The van der Waals surface area contributed by atoms with E-state index in [1.54, 1.807) is 0 Å². The van der Waals surface area contributed by atoms with Gasteiger partial charge in [0.2, 0.25) is 5.91 Å². The summed E-state index contributed by atoms with van der Waals surface area (Å²) >= 11 is 0. The summed E-state index contributed by atoms with van der Waals surface area (Å²) in [5.41, 5.74) is 15.7. The van der Waals surface area contributed by atoms with Crippen LogP contribution in [0, 0.1) is 5.92 Å². The zero-order chi connectivity index (χ0) is 46.9. The van der Waals surface area contributed by atoms with E-state index in [2.05, 4.69) is 242 Å². The summed E-state index contributed by atoms with van der Waals surface area (Å²) in [6.45, 7) is 0. The number of carbonyl (C=O) groups excluding carboxylic acids is 1. The molecule has 2 aromatic heterocycles. The Bertz CT molecular complexity index is 2760. The number of amides is 1. The smallest absolute Gasteiger partial charge is 0.228 e. The number of fused-ring (bicyclic) bond motifs is 2. The molecule has 10 rings (SSSR count). The molecule has 0 unspecified atom stereocenters. The van der Waals surface area contributed by atoms with Crippen LogP contribution in [-0.4, -0.2) is 82.7 Å². The molecule has 3 aliphatic rings. The Morgan fingerprint density at radius 1 is 0.522 bits per heavy atom. The van der Waals surface area contributed by atoms with Gasteiger partial charge in [0.1, 0.15) is 0 Å². The lowest BCUT2D eigenvalue weighted by Crippen LogP contribution is -2.31. The lowest BCUT2D eigenvalue weighted by Gasteiger charge is -2.35. The fourth-order valence-electron chi connectivity index (χ4n) is 9.68. The van der Waals surface area contributed by atoms with E-state index in [0.29, 0.717) is 5.82 Å². The maximum atomic E-state index is 12.5. The minimum absolute atomic E-state index is 0.0873. The minimum atomic E-state index is -0.329. The highest BCUT2D eigenvalue weighted by Gasteiger charge is 2.39. The zero-order valence-corrected chi connectivity index (χ0v) is 40.1. The number of benzene rings is 5. The van der Waals surface area contributed by atoms with Crippen LogP contribution in [0.15, 0.2) is 140 Å². The van der Waals surface area contributed by atoms with Gasteiger partial charge in [-0.2, -0.15) is 10.2 Å². The molecule has 10 nitrogen and oxygen atoms in total. The Balaban J connectivity index is 0.000000168. The quantitative estimate of drug-likeness (QED) is 0.119. The highest BCUT2D eigenvalue weighted by Crippen LogP contribution is 2.45. The first-order chi connectivity index (χ1) is 32.3. The van der Waals surface area contributed by atoms with Gasteiger partial charge in [0.25, 0.3) is 0 Å². The van der Waals surface area contributed by atoms with Gasteiger partial charge in [0, 0.05) is 137 Å². The largest absolute Gasteiger partial charge is 0.378 e. The predicted molar refractivity (Wildman–Crippen MR) is 279 cm³/mol. The second-order valence-electron chi connectivity index (χ2n) is 19.1. The van der Waals surface area contributed by atoms with Gasteiger partial charge in [0.05, 0.1) is 5.69 Å². The second kappa shape index (κ2) is 18.5. The lowest BCUT2D eigenvalue weighted by atomic mass is 9.68. The number of H-pyrrole nitrogens is 2. The fraction of sp³-hybridized carbons (Fsp3) is 0.281. The van der Waals surface area contributed by atoms with Crippen molar-refractivity contribution >= 4 is 46.6 Å². The Labute approximate surface area is 396 Å². The normalized spacial score (nSPS) is 15.3. The van der Waals surface area contributed by atoms with Crippen LogP contribution in [0.4, 0.5) is 28.6 Å². The summed E-state index contributed by atoms with van der Waals surface area (Å²) in [6.07, 6.45) is 13.7. The molecule has 2 heterocycles. The third-order valence-corrected chi connectivity index (χ3v) is 14.1. The Hall–Kier alpha value is -7.33. The molecule has 0 saturated heterocycles.